The van der Waals surface area contributed by atoms with Gasteiger partial charge in [-0.3, -0.25) is 0 Å². The Labute approximate surface area is 111 Å². The number of hydrogen-bond donors (Lipinski definition) is 1. The number of hydrogen-bond acceptors (Lipinski definition) is 5. The van der Waals surface area contributed by atoms with Gasteiger partial charge in [0.05, 0.1) is 11.5 Å². The summed E-state index contributed by atoms with van der Waals surface area (Å²) in [5.74, 6) is 0.961. The van der Waals surface area contributed by atoms with Gasteiger partial charge in [-0.05, 0) is 32.8 Å². The molecule has 0 fully saturated rings. The van der Waals surface area contributed by atoms with Crippen molar-refractivity contribution in [1.82, 2.24) is 9.97 Å². The second-order valence-electron chi connectivity index (χ2n) is 4.72. The van der Waals surface area contributed by atoms with Gasteiger partial charge in [0.2, 0.25) is 0 Å². The number of fused-ring (bicyclic) bond motifs is 1. The summed E-state index contributed by atoms with van der Waals surface area (Å²) >= 11 is 1.71. The monoisotopic (exact) mass is 265 g/mol. The fraction of sp³-hybridized carbons (Fsp3) is 0.538. The van der Waals surface area contributed by atoms with E-state index in [1.54, 1.807) is 17.7 Å². The zero-order valence-electron chi connectivity index (χ0n) is 11.3. The van der Waals surface area contributed by atoms with E-state index < -0.39 is 0 Å². The van der Waals surface area contributed by atoms with Gasteiger partial charge in [-0.2, -0.15) is 0 Å². The number of aliphatic hydroxyl groups is 1. The van der Waals surface area contributed by atoms with Gasteiger partial charge >= 0.3 is 0 Å². The topological polar surface area (TPSA) is 49.2 Å². The Bertz CT molecular complexity index is 550. The van der Waals surface area contributed by atoms with Crippen molar-refractivity contribution in [3.8, 4) is 0 Å². The van der Waals surface area contributed by atoms with Crippen LogP contribution in [-0.2, 0) is 0 Å². The molecule has 5 heteroatoms. The molecule has 2 aromatic heterocycles. The Hall–Kier alpha value is -1.20. The maximum Gasteiger partial charge on any atom is 0.140 e. The predicted octanol–water partition coefficient (Wildman–Crippen LogP) is 2.52. The highest BCUT2D eigenvalue weighted by molar-refractivity contribution is 7.18. The predicted molar refractivity (Wildman–Crippen MR) is 76.5 cm³/mol. The van der Waals surface area contributed by atoms with E-state index in [0.29, 0.717) is 0 Å². The highest BCUT2D eigenvalue weighted by atomic mass is 32.1. The van der Waals surface area contributed by atoms with Crippen molar-refractivity contribution in [2.45, 2.75) is 33.3 Å². The van der Waals surface area contributed by atoms with Gasteiger partial charge < -0.3 is 10.0 Å². The molecule has 2 heterocycles. The van der Waals surface area contributed by atoms with Gasteiger partial charge in [-0.15, -0.1) is 11.3 Å². The van der Waals surface area contributed by atoms with Crippen LogP contribution in [0.3, 0.4) is 0 Å². The molecule has 0 spiro atoms. The van der Waals surface area contributed by atoms with Crippen LogP contribution in [0.1, 0.15) is 23.8 Å². The third-order valence-electron chi connectivity index (χ3n) is 3.19. The normalized spacial score (nSPS) is 12.9. The molecule has 18 heavy (non-hydrogen) atoms. The minimum atomic E-state index is -0.282. The lowest BCUT2D eigenvalue weighted by atomic mass is 10.2. The maximum atomic E-state index is 9.36. The molecule has 1 unspecified atom stereocenters. The highest BCUT2D eigenvalue weighted by Crippen LogP contribution is 2.33. The minimum Gasteiger partial charge on any atom is -0.393 e. The van der Waals surface area contributed by atoms with Crippen LogP contribution >= 0.6 is 11.3 Å². The molecule has 0 aromatic carbocycles. The maximum absolute atomic E-state index is 9.36. The van der Waals surface area contributed by atoms with Crippen molar-refractivity contribution in [1.29, 1.82) is 0 Å². The highest BCUT2D eigenvalue weighted by Gasteiger charge is 2.14. The van der Waals surface area contributed by atoms with Crippen LogP contribution in [-0.4, -0.2) is 34.8 Å². The first-order valence-corrected chi connectivity index (χ1v) is 6.92. The van der Waals surface area contributed by atoms with Crippen LogP contribution in [0.5, 0.6) is 0 Å². The van der Waals surface area contributed by atoms with E-state index in [-0.39, 0.29) is 6.10 Å². The van der Waals surface area contributed by atoms with Gasteiger partial charge in [0, 0.05) is 18.5 Å². The second kappa shape index (κ2) is 5.20. The molecule has 0 aliphatic rings. The summed E-state index contributed by atoms with van der Waals surface area (Å²) in [5, 5.41) is 10.5. The van der Waals surface area contributed by atoms with Crippen LogP contribution in [0, 0.1) is 13.8 Å². The molecule has 98 valence electrons. The van der Waals surface area contributed by atoms with E-state index in [0.717, 1.165) is 29.0 Å². The average Bonchev–Trinajstić information content (AvgIpc) is 2.62. The Morgan fingerprint density at radius 2 is 2.11 bits per heavy atom. The molecule has 0 saturated heterocycles. The lowest BCUT2D eigenvalue weighted by molar-refractivity contribution is 0.187. The third kappa shape index (κ3) is 2.47. The lowest BCUT2D eigenvalue weighted by Gasteiger charge is -2.19. The standard InChI is InChI=1S/C13H19N3OS/c1-8(17)5-6-16(4)12-11-9(2)10(3)18-13(11)15-7-14-12/h7-8,17H,5-6H2,1-4H3. The van der Waals surface area contributed by atoms with Crippen LogP contribution in [0.4, 0.5) is 5.82 Å². The Morgan fingerprint density at radius 3 is 2.78 bits per heavy atom. The zero-order chi connectivity index (χ0) is 13.3. The average molecular weight is 265 g/mol. The minimum absolute atomic E-state index is 0.282. The van der Waals surface area contributed by atoms with Crippen molar-refractivity contribution >= 4 is 27.4 Å². The summed E-state index contributed by atoms with van der Waals surface area (Å²) in [6.45, 7) is 6.83. The third-order valence-corrected chi connectivity index (χ3v) is 4.30. The SMILES string of the molecule is Cc1sc2ncnc(N(C)CCC(C)O)c2c1C. The first kappa shape index (κ1) is 13.2. The number of rotatable bonds is 4. The Kier molecular flexibility index (Phi) is 3.82. The smallest absolute Gasteiger partial charge is 0.140 e. The van der Waals surface area contributed by atoms with E-state index in [4.69, 9.17) is 0 Å². The Balaban J connectivity index is 2.38. The van der Waals surface area contributed by atoms with Crippen molar-refractivity contribution in [3.05, 3.63) is 16.8 Å². The number of thiophene rings is 1. The number of aryl methyl sites for hydroxylation is 2. The van der Waals surface area contributed by atoms with Crippen molar-refractivity contribution in [2.24, 2.45) is 0 Å². The fourth-order valence-corrected chi connectivity index (χ4v) is 2.93. The summed E-state index contributed by atoms with van der Waals surface area (Å²) in [5.41, 5.74) is 1.26. The first-order chi connectivity index (χ1) is 8.50. The van der Waals surface area contributed by atoms with Gasteiger partial charge in [0.1, 0.15) is 17.0 Å². The Morgan fingerprint density at radius 1 is 1.39 bits per heavy atom. The second-order valence-corrected chi connectivity index (χ2v) is 5.92. The molecule has 0 aliphatic heterocycles. The molecule has 0 amide bonds. The molecule has 4 nitrogen and oxygen atoms in total. The molecule has 2 rings (SSSR count). The summed E-state index contributed by atoms with van der Waals surface area (Å²) < 4.78 is 0. The molecule has 0 bridgehead atoms. The first-order valence-electron chi connectivity index (χ1n) is 6.10. The molecule has 0 radical (unpaired) electrons. The van der Waals surface area contributed by atoms with E-state index in [1.807, 2.05) is 14.0 Å². The summed E-state index contributed by atoms with van der Waals surface area (Å²) in [6, 6.07) is 0. The van der Waals surface area contributed by atoms with Crippen LogP contribution < -0.4 is 4.90 Å². The number of aliphatic hydroxyl groups excluding tert-OH is 1. The van der Waals surface area contributed by atoms with E-state index >= 15 is 0 Å². The van der Waals surface area contributed by atoms with E-state index in [9.17, 15) is 5.11 Å². The lowest BCUT2D eigenvalue weighted by Crippen LogP contribution is -2.23. The van der Waals surface area contributed by atoms with Crippen molar-refractivity contribution < 1.29 is 5.11 Å². The summed E-state index contributed by atoms with van der Waals surface area (Å²) in [7, 11) is 2.01. The molecule has 0 saturated carbocycles. The number of nitrogens with zero attached hydrogens (tertiary/aromatic N) is 3. The molecule has 2 aromatic rings. The largest absolute Gasteiger partial charge is 0.393 e. The van der Waals surface area contributed by atoms with E-state index in [2.05, 4.69) is 28.7 Å². The molecule has 1 atom stereocenters. The number of anilines is 1. The van der Waals surface area contributed by atoms with Crippen molar-refractivity contribution in [2.75, 3.05) is 18.5 Å². The summed E-state index contributed by atoms with van der Waals surface area (Å²) in [4.78, 5) is 13.2. The van der Waals surface area contributed by atoms with Gasteiger partial charge in [-0.25, -0.2) is 9.97 Å². The summed E-state index contributed by atoms with van der Waals surface area (Å²) in [6.07, 6.45) is 2.07. The van der Waals surface area contributed by atoms with Gasteiger partial charge in [0.15, 0.2) is 0 Å². The quantitative estimate of drug-likeness (QED) is 0.923. The van der Waals surface area contributed by atoms with Crippen LogP contribution in [0.25, 0.3) is 10.2 Å². The van der Waals surface area contributed by atoms with Crippen molar-refractivity contribution in [3.63, 3.8) is 0 Å². The molecule has 0 aliphatic carbocycles. The number of aromatic nitrogens is 2. The zero-order valence-corrected chi connectivity index (χ0v) is 12.1. The van der Waals surface area contributed by atoms with Gasteiger partial charge in [-0.1, -0.05) is 0 Å². The fourth-order valence-electron chi connectivity index (χ4n) is 1.94. The van der Waals surface area contributed by atoms with Crippen LogP contribution in [0.2, 0.25) is 0 Å². The molecular formula is C13H19N3OS. The molecule has 1 N–H and O–H groups in total. The van der Waals surface area contributed by atoms with Crippen LogP contribution in [0.15, 0.2) is 6.33 Å². The van der Waals surface area contributed by atoms with E-state index in [1.165, 1.54) is 10.4 Å². The molecular weight excluding hydrogens is 246 g/mol. The van der Waals surface area contributed by atoms with Gasteiger partial charge in [0.25, 0.3) is 0 Å².